The van der Waals surface area contributed by atoms with Crippen molar-refractivity contribution in [2.24, 2.45) is 0 Å². The van der Waals surface area contributed by atoms with Gasteiger partial charge in [0.25, 0.3) is 6.43 Å². The first-order chi connectivity index (χ1) is 8.70. The van der Waals surface area contributed by atoms with Crippen molar-refractivity contribution in [3.8, 4) is 10.6 Å². The number of nitrogens with one attached hydrogen (secondary N) is 1. The van der Waals surface area contributed by atoms with E-state index >= 15 is 0 Å². The molecule has 5 heteroatoms. The van der Waals surface area contributed by atoms with Crippen molar-refractivity contribution in [2.45, 2.75) is 19.9 Å². The molecule has 0 fully saturated rings. The molecule has 0 atom stereocenters. The molecule has 18 heavy (non-hydrogen) atoms. The van der Waals surface area contributed by atoms with E-state index in [2.05, 4.69) is 10.3 Å². The van der Waals surface area contributed by atoms with Crippen molar-refractivity contribution in [2.75, 3.05) is 6.54 Å². The molecule has 0 aliphatic rings. The van der Waals surface area contributed by atoms with Gasteiger partial charge in [-0.3, -0.25) is 0 Å². The third kappa shape index (κ3) is 3.11. The molecule has 0 unspecified atom stereocenters. The van der Waals surface area contributed by atoms with Crippen LogP contribution in [0.1, 0.15) is 24.6 Å². The number of benzene rings is 1. The van der Waals surface area contributed by atoms with Crippen LogP contribution in [0, 0.1) is 0 Å². The minimum absolute atomic E-state index is 0.0379. The number of alkyl halides is 2. The van der Waals surface area contributed by atoms with E-state index in [1.165, 1.54) is 23.5 Å². The van der Waals surface area contributed by atoms with Gasteiger partial charge >= 0.3 is 0 Å². The maximum absolute atomic E-state index is 12.6. The molecule has 2 rings (SSSR count). The quantitative estimate of drug-likeness (QED) is 0.890. The molecule has 0 aliphatic heterocycles. The van der Waals surface area contributed by atoms with Crippen molar-refractivity contribution in [1.82, 2.24) is 10.3 Å². The van der Waals surface area contributed by atoms with Gasteiger partial charge in [-0.05, 0) is 12.6 Å². The minimum Gasteiger partial charge on any atom is -0.311 e. The number of nitrogens with zero attached hydrogens (tertiary/aromatic N) is 1. The van der Waals surface area contributed by atoms with E-state index in [-0.39, 0.29) is 5.56 Å². The molecule has 1 aromatic carbocycles. The van der Waals surface area contributed by atoms with Crippen molar-refractivity contribution >= 4 is 11.3 Å². The lowest BCUT2D eigenvalue weighted by atomic mass is 10.1. The van der Waals surface area contributed by atoms with E-state index in [4.69, 9.17) is 0 Å². The second-order valence-electron chi connectivity index (χ2n) is 3.85. The molecular weight excluding hydrogens is 254 g/mol. The van der Waals surface area contributed by atoms with Gasteiger partial charge in [-0.15, -0.1) is 11.3 Å². The summed E-state index contributed by atoms with van der Waals surface area (Å²) in [5.41, 5.74) is 1.73. The van der Waals surface area contributed by atoms with Gasteiger partial charge in [0.2, 0.25) is 0 Å². The van der Waals surface area contributed by atoms with E-state index < -0.39 is 6.43 Å². The molecule has 1 heterocycles. The van der Waals surface area contributed by atoms with Crippen molar-refractivity contribution in [1.29, 1.82) is 0 Å². The molecule has 0 spiro atoms. The van der Waals surface area contributed by atoms with Crippen LogP contribution < -0.4 is 5.32 Å². The van der Waals surface area contributed by atoms with Crippen LogP contribution in [0.25, 0.3) is 10.6 Å². The summed E-state index contributed by atoms with van der Waals surface area (Å²) in [7, 11) is 0. The van der Waals surface area contributed by atoms with E-state index in [0.717, 1.165) is 22.8 Å². The zero-order valence-electron chi connectivity index (χ0n) is 9.99. The van der Waals surface area contributed by atoms with Crippen LogP contribution in [-0.4, -0.2) is 11.5 Å². The fraction of sp³-hybridized carbons (Fsp3) is 0.308. The number of hydrogen-bond donors (Lipinski definition) is 1. The Labute approximate surface area is 109 Å². The summed E-state index contributed by atoms with van der Waals surface area (Å²) in [5, 5.41) is 5.92. The third-order valence-electron chi connectivity index (χ3n) is 2.49. The second-order valence-corrected chi connectivity index (χ2v) is 4.71. The molecule has 96 valence electrons. The average molecular weight is 268 g/mol. The van der Waals surface area contributed by atoms with Crippen LogP contribution in [0.2, 0.25) is 0 Å². The van der Waals surface area contributed by atoms with Gasteiger partial charge in [0.1, 0.15) is 5.01 Å². The molecule has 0 saturated carbocycles. The Morgan fingerprint density at radius 2 is 2.22 bits per heavy atom. The molecule has 0 amide bonds. The van der Waals surface area contributed by atoms with E-state index in [1.807, 2.05) is 18.4 Å². The fourth-order valence-electron chi connectivity index (χ4n) is 1.58. The monoisotopic (exact) mass is 268 g/mol. The molecular formula is C13H14F2N2S. The maximum Gasteiger partial charge on any atom is 0.263 e. The van der Waals surface area contributed by atoms with Crippen LogP contribution in [0.5, 0.6) is 0 Å². The number of halogens is 2. The lowest BCUT2D eigenvalue weighted by Gasteiger charge is -2.01. The van der Waals surface area contributed by atoms with Crippen LogP contribution in [0.3, 0.4) is 0 Å². The molecule has 0 bridgehead atoms. The summed E-state index contributed by atoms with van der Waals surface area (Å²) in [5.74, 6) is 0. The highest BCUT2D eigenvalue weighted by atomic mass is 32.1. The normalized spacial score (nSPS) is 11.1. The summed E-state index contributed by atoms with van der Waals surface area (Å²) in [4.78, 5) is 4.43. The van der Waals surface area contributed by atoms with Crippen molar-refractivity contribution < 1.29 is 8.78 Å². The fourth-order valence-corrected chi connectivity index (χ4v) is 2.40. The van der Waals surface area contributed by atoms with Gasteiger partial charge in [-0.2, -0.15) is 0 Å². The van der Waals surface area contributed by atoms with Gasteiger partial charge in [0.15, 0.2) is 0 Å². The zero-order chi connectivity index (χ0) is 13.0. The predicted octanol–water partition coefficient (Wildman–Crippen LogP) is 3.86. The maximum atomic E-state index is 12.6. The highest BCUT2D eigenvalue weighted by Crippen LogP contribution is 2.27. The van der Waals surface area contributed by atoms with Gasteiger partial charge in [0, 0.05) is 23.1 Å². The summed E-state index contributed by atoms with van der Waals surface area (Å²) >= 11 is 1.48. The summed E-state index contributed by atoms with van der Waals surface area (Å²) in [6, 6.07) is 6.38. The Balaban J connectivity index is 2.20. The van der Waals surface area contributed by atoms with E-state index in [9.17, 15) is 8.78 Å². The Morgan fingerprint density at radius 3 is 2.94 bits per heavy atom. The van der Waals surface area contributed by atoms with Crippen molar-refractivity contribution in [3.63, 3.8) is 0 Å². The molecule has 1 aromatic heterocycles. The lowest BCUT2D eigenvalue weighted by Crippen LogP contribution is -2.11. The SMILES string of the molecule is CCNCc1csc(-c2cccc(C(F)F)c2)n1. The molecule has 0 saturated heterocycles. The minimum atomic E-state index is -2.44. The largest absolute Gasteiger partial charge is 0.311 e. The molecule has 0 aliphatic carbocycles. The lowest BCUT2D eigenvalue weighted by molar-refractivity contribution is 0.151. The van der Waals surface area contributed by atoms with Crippen LogP contribution in [0.4, 0.5) is 8.78 Å². The van der Waals surface area contributed by atoms with Gasteiger partial charge in [-0.1, -0.05) is 25.1 Å². The summed E-state index contributed by atoms with van der Waals surface area (Å²) in [6.45, 7) is 3.62. The predicted molar refractivity (Wildman–Crippen MR) is 69.9 cm³/mol. The first kappa shape index (κ1) is 13.1. The van der Waals surface area contributed by atoms with E-state index in [0.29, 0.717) is 6.54 Å². The number of rotatable bonds is 5. The Kier molecular flexibility index (Phi) is 4.38. The third-order valence-corrected chi connectivity index (χ3v) is 3.43. The Morgan fingerprint density at radius 1 is 1.39 bits per heavy atom. The summed E-state index contributed by atoms with van der Waals surface area (Å²) < 4.78 is 25.2. The van der Waals surface area contributed by atoms with E-state index in [1.54, 1.807) is 6.07 Å². The standard InChI is InChI=1S/C13H14F2N2S/c1-2-16-7-11-8-18-13(17-11)10-5-3-4-9(6-10)12(14)15/h3-6,8,12,16H,2,7H2,1H3. The van der Waals surface area contributed by atoms with Gasteiger partial charge < -0.3 is 5.32 Å². The van der Waals surface area contributed by atoms with Crippen molar-refractivity contribution in [3.05, 3.63) is 40.9 Å². The molecule has 0 radical (unpaired) electrons. The molecule has 2 nitrogen and oxygen atoms in total. The first-order valence-corrected chi connectivity index (χ1v) is 6.62. The zero-order valence-corrected chi connectivity index (χ0v) is 10.8. The smallest absolute Gasteiger partial charge is 0.263 e. The van der Waals surface area contributed by atoms with Crippen LogP contribution in [0.15, 0.2) is 29.6 Å². The number of thiazole rings is 1. The van der Waals surface area contributed by atoms with Crippen LogP contribution in [-0.2, 0) is 6.54 Å². The summed E-state index contributed by atoms with van der Waals surface area (Å²) in [6.07, 6.45) is -2.44. The first-order valence-electron chi connectivity index (χ1n) is 5.74. The number of aromatic nitrogens is 1. The molecule has 1 N–H and O–H groups in total. The highest BCUT2D eigenvalue weighted by Gasteiger charge is 2.10. The Bertz CT molecular complexity index is 511. The topological polar surface area (TPSA) is 24.9 Å². The highest BCUT2D eigenvalue weighted by molar-refractivity contribution is 7.13. The average Bonchev–Trinajstić information content (AvgIpc) is 2.85. The van der Waals surface area contributed by atoms with Crippen LogP contribution >= 0.6 is 11.3 Å². The molecule has 2 aromatic rings. The van der Waals surface area contributed by atoms with Gasteiger partial charge in [0.05, 0.1) is 5.69 Å². The number of hydrogen-bond acceptors (Lipinski definition) is 3. The Hall–Kier alpha value is -1.33. The van der Waals surface area contributed by atoms with Gasteiger partial charge in [-0.25, -0.2) is 13.8 Å². The second kappa shape index (κ2) is 6.02.